The van der Waals surface area contributed by atoms with Gasteiger partial charge in [0.15, 0.2) is 11.3 Å². The third kappa shape index (κ3) is 2.97. The Bertz CT molecular complexity index is 1150. The highest BCUT2D eigenvalue weighted by atomic mass is 16.4. The lowest BCUT2D eigenvalue weighted by Gasteiger charge is -2.04. The maximum Gasteiger partial charge on any atom is 0.251 e. The monoisotopic (exact) mass is 365 g/mol. The molecular formula is C18H19N7O2. The summed E-state index contributed by atoms with van der Waals surface area (Å²) < 4.78 is 7.81. The summed E-state index contributed by atoms with van der Waals surface area (Å²) in [6, 6.07) is 7.62. The number of carbonyl (C=O) groups excluding carboxylic acids is 1. The van der Waals surface area contributed by atoms with Crippen molar-refractivity contribution in [3.05, 3.63) is 36.2 Å². The van der Waals surface area contributed by atoms with Crippen LogP contribution in [0.2, 0.25) is 0 Å². The molecule has 9 nitrogen and oxygen atoms in total. The van der Waals surface area contributed by atoms with Gasteiger partial charge >= 0.3 is 0 Å². The third-order valence-electron chi connectivity index (χ3n) is 4.29. The number of oxazole rings is 1. The Balaban J connectivity index is 1.77. The first-order valence-corrected chi connectivity index (χ1v) is 8.46. The number of nitrogens with zero attached hydrogens (tertiary/aromatic N) is 4. The Labute approximate surface area is 154 Å². The predicted octanol–water partition coefficient (Wildman–Crippen LogP) is 1.39. The highest BCUT2D eigenvalue weighted by molar-refractivity contribution is 6.03. The summed E-state index contributed by atoms with van der Waals surface area (Å²) >= 11 is 0. The van der Waals surface area contributed by atoms with Crippen molar-refractivity contribution in [2.45, 2.75) is 6.54 Å². The number of amides is 1. The molecule has 0 bridgehead atoms. The predicted molar refractivity (Wildman–Crippen MR) is 102 cm³/mol. The number of hydrogen-bond acceptors (Lipinski definition) is 7. The first-order valence-electron chi connectivity index (χ1n) is 8.46. The molecule has 0 fully saturated rings. The summed E-state index contributed by atoms with van der Waals surface area (Å²) in [7, 11) is 3.70. The van der Waals surface area contributed by atoms with Crippen LogP contribution in [-0.2, 0) is 18.4 Å². The van der Waals surface area contributed by atoms with Gasteiger partial charge in [0.1, 0.15) is 11.0 Å². The Morgan fingerprint density at radius 3 is 2.93 bits per heavy atom. The fourth-order valence-corrected chi connectivity index (χ4v) is 2.96. The zero-order valence-corrected chi connectivity index (χ0v) is 15.0. The minimum atomic E-state index is -0.204. The largest absolute Gasteiger partial charge is 0.418 e. The topological polar surface area (TPSA) is 124 Å². The van der Waals surface area contributed by atoms with Crippen molar-refractivity contribution in [1.82, 2.24) is 24.8 Å². The van der Waals surface area contributed by atoms with Crippen LogP contribution >= 0.6 is 0 Å². The average molecular weight is 365 g/mol. The number of fused-ring (bicyclic) bond motifs is 3. The van der Waals surface area contributed by atoms with E-state index < -0.39 is 0 Å². The molecule has 138 valence electrons. The van der Waals surface area contributed by atoms with Crippen molar-refractivity contribution in [1.29, 1.82) is 0 Å². The lowest BCUT2D eigenvalue weighted by molar-refractivity contribution is -0.119. The fraction of sp³-hybridized carbons (Fsp3) is 0.222. The van der Waals surface area contributed by atoms with E-state index in [1.165, 1.54) is 0 Å². The van der Waals surface area contributed by atoms with Crippen molar-refractivity contribution in [3.63, 3.8) is 0 Å². The van der Waals surface area contributed by atoms with Gasteiger partial charge in [0.05, 0.1) is 12.9 Å². The van der Waals surface area contributed by atoms with E-state index in [2.05, 4.69) is 25.6 Å². The van der Waals surface area contributed by atoms with E-state index in [1.54, 1.807) is 13.4 Å². The second-order valence-corrected chi connectivity index (χ2v) is 6.12. The Hall–Kier alpha value is -3.46. The average Bonchev–Trinajstić information content (AvgIpc) is 3.29. The molecule has 4 aromatic rings. The highest BCUT2D eigenvalue weighted by Gasteiger charge is 2.18. The number of aromatic nitrogens is 4. The van der Waals surface area contributed by atoms with E-state index in [4.69, 9.17) is 10.2 Å². The first-order chi connectivity index (χ1) is 13.1. The molecule has 0 aliphatic carbocycles. The van der Waals surface area contributed by atoms with Gasteiger partial charge in [-0.25, -0.2) is 9.97 Å². The number of benzene rings is 1. The van der Waals surface area contributed by atoms with Gasteiger partial charge in [0.2, 0.25) is 11.8 Å². The molecule has 1 aromatic carbocycles. The summed E-state index contributed by atoms with van der Waals surface area (Å²) in [6.45, 7) is 0.350. The number of nitrogens with one attached hydrogen (secondary N) is 2. The van der Waals surface area contributed by atoms with Gasteiger partial charge in [0.25, 0.3) is 5.71 Å². The normalized spacial score (nSPS) is 11.2. The van der Waals surface area contributed by atoms with Crippen LogP contribution in [0, 0.1) is 0 Å². The molecule has 4 N–H and O–H groups in total. The summed E-state index contributed by atoms with van der Waals surface area (Å²) in [5.74, 6) is 0.893. The summed E-state index contributed by atoms with van der Waals surface area (Å²) in [4.78, 5) is 24.9. The van der Waals surface area contributed by atoms with E-state index in [-0.39, 0.29) is 12.5 Å². The molecule has 3 heterocycles. The first kappa shape index (κ1) is 17.0. The zero-order valence-electron chi connectivity index (χ0n) is 15.0. The zero-order chi connectivity index (χ0) is 19.0. The molecule has 9 heteroatoms. The van der Waals surface area contributed by atoms with Crippen molar-refractivity contribution in [2.24, 2.45) is 12.8 Å². The van der Waals surface area contributed by atoms with E-state index in [0.29, 0.717) is 29.5 Å². The quantitative estimate of drug-likeness (QED) is 0.488. The van der Waals surface area contributed by atoms with Crippen LogP contribution in [0.4, 0.5) is 5.82 Å². The summed E-state index contributed by atoms with van der Waals surface area (Å²) in [6.07, 6.45) is 1.72. The lowest BCUT2D eigenvalue weighted by Crippen LogP contribution is -2.29. The molecular weight excluding hydrogens is 346 g/mol. The van der Waals surface area contributed by atoms with Gasteiger partial charge in [-0.05, 0) is 17.7 Å². The minimum absolute atomic E-state index is 0.0367. The van der Waals surface area contributed by atoms with Gasteiger partial charge in [-0.1, -0.05) is 12.1 Å². The Morgan fingerprint density at radius 2 is 2.15 bits per heavy atom. The van der Waals surface area contributed by atoms with Gasteiger partial charge in [-0.2, -0.15) is 4.98 Å². The molecule has 0 aliphatic heterocycles. The van der Waals surface area contributed by atoms with E-state index in [9.17, 15) is 4.79 Å². The molecule has 0 aliphatic rings. The molecule has 0 radical (unpaired) electrons. The molecule has 0 spiro atoms. The number of pyridine rings is 1. The molecule has 0 saturated heterocycles. The molecule has 4 rings (SSSR count). The van der Waals surface area contributed by atoms with E-state index >= 15 is 0 Å². The maximum atomic E-state index is 11.4. The maximum absolute atomic E-state index is 11.4. The van der Waals surface area contributed by atoms with Crippen LogP contribution < -0.4 is 16.4 Å². The SMILES string of the molecule is CNc1nc2oc(-c3cccc(CNC(=O)CN)c3)nc2c2c1ncn2C. The van der Waals surface area contributed by atoms with Gasteiger partial charge in [-0.3, -0.25) is 4.79 Å². The minimum Gasteiger partial charge on any atom is -0.418 e. The van der Waals surface area contributed by atoms with Gasteiger partial charge in [0, 0.05) is 26.2 Å². The van der Waals surface area contributed by atoms with Crippen molar-refractivity contribution < 1.29 is 9.21 Å². The van der Waals surface area contributed by atoms with Crippen molar-refractivity contribution in [2.75, 3.05) is 18.9 Å². The van der Waals surface area contributed by atoms with Crippen molar-refractivity contribution in [3.8, 4) is 11.5 Å². The van der Waals surface area contributed by atoms with Crippen molar-refractivity contribution >= 4 is 34.0 Å². The van der Waals surface area contributed by atoms with Crippen LogP contribution in [0.5, 0.6) is 0 Å². The molecule has 3 aromatic heterocycles. The second kappa shape index (κ2) is 6.69. The lowest BCUT2D eigenvalue weighted by atomic mass is 10.1. The molecule has 0 atom stereocenters. The van der Waals surface area contributed by atoms with Crippen LogP contribution in [0.3, 0.4) is 0 Å². The Kier molecular flexibility index (Phi) is 4.21. The number of imidazole rings is 1. The van der Waals surface area contributed by atoms with Crippen LogP contribution in [0.15, 0.2) is 35.0 Å². The number of anilines is 1. The summed E-state index contributed by atoms with van der Waals surface area (Å²) in [5.41, 5.74) is 9.72. The number of carbonyl (C=O) groups is 1. The standard InChI is InChI=1S/C18H19N7O2/c1-20-16-13-15(25(2)9-22-13)14-18(24-16)27-17(23-14)11-5-3-4-10(6-11)8-21-12(26)7-19/h3-6,9H,7-8,19H2,1-2H3,(H,20,24)(H,21,26). The van der Waals surface area contributed by atoms with Gasteiger partial charge < -0.3 is 25.4 Å². The molecule has 1 amide bonds. The molecule has 27 heavy (non-hydrogen) atoms. The third-order valence-corrected chi connectivity index (χ3v) is 4.29. The van der Waals surface area contributed by atoms with E-state index in [1.807, 2.05) is 35.9 Å². The Morgan fingerprint density at radius 1 is 1.30 bits per heavy atom. The smallest absolute Gasteiger partial charge is 0.251 e. The number of rotatable bonds is 5. The van der Waals surface area contributed by atoms with Gasteiger partial charge in [-0.15, -0.1) is 0 Å². The molecule has 0 saturated carbocycles. The summed E-state index contributed by atoms with van der Waals surface area (Å²) in [5, 5.41) is 5.79. The van der Waals surface area contributed by atoms with E-state index in [0.717, 1.165) is 22.2 Å². The van der Waals surface area contributed by atoms with Crippen LogP contribution in [0.1, 0.15) is 5.56 Å². The number of nitrogens with two attached hydrogens (primary N) is 1. The van der Waals surface area contributed by atoms with Crippen LogP contribution in [0.25, 0.3) is 33.7 Å². The number of hydrogen-bond donors (Lipinski definition) is 3. The highest BCUT2D eigenvalue weighted by Crippen LogP contribution is 2.31. The molecule has 0 unspecified atom stereocenters. The fourth-order valence-electron chi connectivity index (χ4n) is 2.96. The van der Waals surface area contributed by atoms with Crippen LogP contribution in [-0.4, -0.2) is 39.0 Å². The number of aryl methyl sites for hydroxylation is 1. The second-order valence-electron chi connectivity index (χ2n) is 6.12.